The summed E-state index contributed by atoms with van der Waals surface area (Å²) in [5.74, 6) is -0.244. The molecule has 0 bridgehead atoms. The first kappa shape index (κ1) is 22.4. The molecule has 30 heavy (non-hydrogen) atoms. The molecule has 0 aromatic carbocycles. The molecule has 3 atom stereocenters. The van der Waals surface area contributed by atoms with Crippen molar-refractivity contribution in [1.29, 1.82) is 0 Å². The molecule has 1 fully saturated rings. The lowest BCUT2D eigenvalue weighted by atomic mass is 10.0. The quantitative estimate of drug-likeness (QED) is 0.453. The number of nitrogens with one attached hydrogen (secondary N) is 2. The van der Waals surface area contributed by atoms with Gasteiger partial charge in [-0.2, -0.15) is 0 Å². The predicted octanol–water partition coefficient (Wildman–Crippen LogP) is -0.737. The molecule has 0 aliphatic carbocycles. The number of carbonyl (C=O) groups excluding carboxylic acids is 2. The van der Waals surface area contributed by atoms with Gasteiger partial charge in [0, 0.05) is 32.0 Å². The zero-order valence-electron chi connectivity index (χ0n) is 17.0. The van der Waals surface area contributed by atoms with Gasteiger partial charge in [-0.15, -0.1) is 0 Å². The molecule has 0 saturated carbocycles. The molecule has 9 nitrogen and oxygen atoms in total. The van der Waals surface area contributed by atoms with Crippen LogP contribution >= 0.6 is 0 Å². The van der Waals surface area contributed by atoms with Crippen molar-refractivity contribution < 1.29 is 24.2 Å². The lowest BCUT2D eigenvalue weighted by Crippen LogP contribution is -2.52. The Morgan fingerprint density at radius 1 is 1.17 bits per heavy atom. The smallest absolute Gasteiger partial charge is 0.234 e. The first-order valence-corrected chi connectivity index (χ1v) is 10.3. The highest BCUT2D eigenvalue weighted by Gasteiger charge is 2.29. The molecule has 2 aliphatic rings. The number of hydrogen-bond acceptors (Lipinski definition) is 7. The van der Waals surface area contributed by atoms with Gasteiger partial charge in [0.2, 0.25) is 11.8 Å². The Labute approximate surface area is 176 Å². The van der Waals surface area contributed by atoms with Crippen molar-refractivity contribution >= 4 is 11.8 Å². The van der Waals surface area contributed by atoms with Crippen LogP contribution in [0.15, 0.2) is 36.7 Å². The zero-order chi connectivity index (χ0) is 21.2. The molecular weight excluding hydrogens is 388 g/mol. The molecular formula is C21H30N4O5. The predicted molar refractivity (Wildman–Crippen MR) is 110 cm³/mol. The Hall–Kier alpha value is -2.33. The Balaban J connectivity index is 1.41. The van der Waals surface area contributed by atoms with Gasteiger partial charge in [0.05, 0.1) is 44.9 Å². The Bertz CT molecular complexity index is 709. The first-order chi connectivity index (χ1) is 14.6. The average Bonchev–Trinajstić information content (AvgIpc) is 2.76. The molecule has 2 amide bonds. The Kier molecular flexibility index (Phi) is 8.76. The third kappa shape index (κ3) is 7.17. The maximum Gasteiger partial charge on any atom is 0.234 e. The van der Waals surface area contributed by atoms with Gasteiger partial charge in [-0.3, -0.25) is 19.5 Å². The van der Waals surface area contributed by atoms with E-state index in [0.29, 0.717) is 19.8 Å². The molecule has 0 spiro atoms. The van der Waals surface area contributed by atoms with E-state index in [1.165, 1.54) is 0 Å². The van der Waals surface area contributed by atoms with Crippen LogP contribution in [0.4, 0.5) is 0 Å². The van der Waals surface area contributed by atoms with Crippen molar-refractivity contribution in [2.75, 3.05) is 46.0 Å². The average molecular weight is 418 g/mol. The molecule has 3 heterocycles. The van der Waals surface area contributed by atoms with Crippen LogP contribution in [-0.4, -0.2) is 91.1 Å². The highest BCUT2D eigenvalue weighted by molar-refractivity contribution is 5.79. The molecule has 9 heteroatoms. The number of rotatable bonds is 9. The van der Waals surface area contributed by atoms with Crippen molar-refractivity contribution in [3.05, 3.63) is 42.2 Å². The monoisotopic (exact) mass is 418 g/mol. The van der Waals surface area contributed by atoms with Gasteiger partial charge in [0.1, 0.15) is 6.10 Å². The van der Waals surface area contributed by atoms with E-state index in [-0.39, 0.29) is 31.4 Å². The lowest BCUT2D eigenvalue weighted by molar-refractivity contribution is -0.129. The third-order valence-electron chi connectivity index (χ3n) is 5.13. The van der Waals surface area contributed by atoms with E-state index in [1.807, 2.05) is 17.0 Å². The summed E-state index contributed by atoms with van der Waals surface area (Å²) < 4.78 is 11.1. The highest BCUT2D eigenvalue weighted by Crippen LogP contribution is 2.16. The molecule has 1 saturated heterocycles. The van der Waals surface area contributed by atoms with E-state index in [1.54, 1.807) is 24.5 Å². The van der Waals surface area contributed by atoms with Gasteiger partial charge >= 0.3 is 0 Å². The molecule has 3 N–H and O–H groups in total. The van der Waals surface area contributed by atoms with Crippen LogP contribution in [0.3, 0.4) is 0 Å². The molecule has 164 valence electrons. The highest BCUT2D eigenvalue weighted by atomic mass is 16.5. The Morgan fingerprint density at radius 2 is 1.93 bits per heavy atom. The van der Waals surface area contributed by atoms with Crippen LogP contribution in [0, 0.1) is 0 Å². The van der Waals surface area contributed by atoms with E-state index in [2.05, 4.69) is 15.6 Å². The van der Waals surface area contributed by atoms with Crippen molar-refractivity contribution in [1.82, 2.24) is 20.5 Å². The van der Waals surface area contributed by atoms with Gasteiger partial charge in [0.25, 0.3) is 0 Å². The second-order valence-electron chi connectivity index (χ2n) is 7.42. The van der Waals surface area contributed by atoms with E-state index < -0.39 is 18.2 Å². The van der Waals surface area contributed by atoms with Gasteiger partial charge in [-0.05, 0) is 24.1 Å². The van der Waals surface area contributed by atoms with Crippen LogP contribution in [0.2, 0.25) is 0 Å². The summed E-state index contributed by atoms with van der Waals surface area (Å²) in [6.07, 6.45) is 6.90. The summed E-state index contributed by atoms with van der Waals surface area (Å²) in [5.41, 5.74) is 1.11. The second-order valence-corrected chi connectivity index (χ2v) is 7.42. The topological polar surface area (TPSA) is 113 Å². The third-order valence-corrected chi connectivity index (χ3v) is 5.13. The molecule has 2 aliphatic heterocycles. The summed E-state index contributed by atoms with van der Waals surface area (Å²) in [4.78, 5) is 30.5. The number of aliphatic hydroxyl groups is 1. The molecule has 3 rings (SSSR count). The largest absolute Gasteiger partial charge is 0.394 e. The van der Waals surface area contributed by atoms with Crippen LogP contribution < -0.4 is 10.6 Å². The number of nitrogens with zero attached hydrogens (tertiary/aromatic N) is 2. The van der Waals surface area contributed by atoms with E-state index in [9.17, 15) is 14.7 Å². The number of hydrogen-bond donors (Lipinski definition) is 3. The minimum absolute atomic E-state index is 0.120. The van der Waals surface area contributed by atoms with E-state index in [4.69, 9.17) is 9.47 Å². The SMILES string of the molecule is O=C(C[C@H]1C=C[C@H](NC(=O)CN2CCOCC2)[C@@H](CO)O1)NCCc1ccncc1. The lowest BCUT2D eigenvalue weighted by Gasteiger charge is -2.32. The number of carbonyl (C=O) groups is 2. The fourth-order valence-electron chi connectivity index (χ4n) is 3.48. The van der Waals surface area contributed by atoms with E-state index in [0.717, 1.165) is 25.1 Å². The van der Waals surface area contributed by atoms with Gasteiger partial charge in [0.15, 0.2) is 0 Å². The number of amides is 2. The van der Waals surface area contributed by atoms with Gasteiger partial charge < -0.3 is 25.2 Å². The van der Waals surface area contributed by atoms with Crippen molar-refractivity contribution in [3.8, 4) is 0 Å². The molecule has 0 radical (unpaired) electrons. The maximum atomic E-state index is 12.3. The fraction of sp³-hybridized carbons (Fsp3) is 0.571. The summed E-state index contributed by atoms with van der Waals surface area (Å²) in [6.45, 7) is 3.29. The van der Waals surface area contributed by atoms with Crippen LogP contribution in [0.5, 0.6) is 0 Å². The van der Waals surface area contributed by atoms with Gasteiger partial charge in [-0.25, -0.2) is 0 Å². The molecule has 0 unspecified atom stereocenters. The normalized spacial score (nSPS) is 24.4. The molecule has 1 aromatic heterocycles. The Morgan fingerprint density at radius 3 is 2.67 bits per heavy atom. The maximum absolute atomic E-state index is 12.3. The first-order valence-electron chi connectivity index (χ1n) is 10.3. The van der Waals surface area contributed by atoms with Crippen molar-refractivity contribution in [2.24, 2.45) is 0 Å². The van der Waals surface area contributed by atoms with Crippen molar-refractivity contribution in [3.63, 3.8) is 0 Å². The second kappa shape index (κ2) is 11.8. The minimum Gasteiger partial charge on any atom is -0.394 e. The summed E-state index contributed by atoms with van der Waals surface area (Å²) >= 11 is 0. The van der Waals surface area contributed by atoms with E-state index >= 15 is 0 Å². The summed E-state index contributed by atoms with van der Waals surface area (Å²) in [5, 5.41) is 15.4. The van der Waals surface area contributed by atoms with Crippen LogP contribution in [0.1, 0.15) is 12.0 Å². The number of ether oxygens (including phenoxy) is 2. The summed E-state index contributed by atoms with van der Waals surface area (Å²) in [7, 11) is 0. The van der Waals surface area contributed by atoms with Crippen molar-refractivity contribution in [2.45, 2.75) is 31.1 Å². The zero-order valence-corrected chi connectivity index (χ0v) is 17.0. The number of pyridine rings is 1. The fourth-order valence-corrected chi connectivity index (χ4v) is 3.48. The standard InChI is InChI=1S/C21H30N4O5/c26-15-19-18(24-21(28)14-25-9-11-29-12-10-25)2-1-17(30-19)13-20(27)23-8-5-16-3-6-22-7-4-16/h1-4,6-7,17-19,26H,5,8-15H2,(H,23,27)(H,24,28)/t17-,18+,19-/m1/s1. The summed E-state index contributed by atoms with van der Waals surface area (Å²) in [6, 6.07) is 3.41. The van der Waals surface area contributed by atoms with Crippen LogP contribution in [-0.2, 0) is 25.5 Å². The van der Waals surface area contributed by atoms with Crippen LogP contribution in [0.25, 0.3) is 0 Å². The number of aromatic nitrogens is 1. The number of morpholine rings is 1. The molecule has 1 aromatic rings. The van der Waals surface area contributed by atoms with Gasteiger partial charge in [-0.1, -0.05) is 12.2 Å². The number of aliphatic hydroxyl groups excluding tert-OH is 1. The minimum atomic E-state index is -0.585.